The second-order valence-corrected chi connectivity index (χ2v) is 6.10. The maximum atomic E-state index is 12.6. The molecule has 1 atom stereocenters. The Bertz CT molecular complexity index is 585. The Morgan fingerprint density at radius 2 is 1.80 bits per heavy atom. The molecule has 0 unspecified atom stereocenters. The standard InChI is InChI=1S/C17H21F3N2O3/c18-17(19,20)13-6-8-22(9-7-13)16(24)14(21)10-15(23)25-11-12-4-2-1-3-5-12/h1-5,13-14H,6-11,21H2/t14-/m0/s1. The van der Waals surface area contributed by atoms with Gasteiger partial charge >= 0.3 is 12.1 Å². The minimum absolute atomic E-state index is 0.00419. The van der Waals surface area contributed by atoms with Crippen LogP contribution >= 0.6 is 0 Å². The molecule has 1 amide bonds. The van der Waals surface area contributed by atoms with Crippen molar-refractivity contribution in [3.8, 4) is 0 Å². The van der Waals surface area contributed by atoms with Crippen LogP contribution in [0.4, 0.5) is 13.2 Å². The highest BCUT2D eigenvalue weighted by molar-refractivity contribution is 5.86. The molecule has 2 rings (SSSR count). The Balaban J connectivity index is 1.75. The smallest absolute Gasteiger partial charge is 0.391 e. The van der Waals surface area contributed by atoms with Gasteiger partial charge in [-0.15, -0.1) is 0 Å². The molecule has 1 heterocycles. The number of rotatable bonds is 5. The molecule has 0 saturated carbocycles. The van der Waals surface area contributed by atoms with E-state index in [9.17, 15) is 22.8 Å². The van der Waals surface area contributed by atoms with Crippen LogP contribution < -0.4 is 5.73 Å². The van der Waals surface area contributed by atoms with E-state index < -0.39 is 30.0 Å². The molecule has 138 valence electrons. The molecule has 0 spiro atoms. The van der Waals surface area contributed by atoms with Crippen LogP contribution in [-0.4, -0.2) is 42.1 Å². The topological polar surface area (TPSA) is 72.6 Å². The Kier molecular flexibility index (Phi) is 6.41. The molecule has 0 radical (unpaired) electrons. The quantitative estimate of drug-likeness (QED) is 0.820. The third-order valence-corrected chi connectivity index (χ3v) is 4.22. The minimum Gasteiger partial charge on any atom is -0.461 e. The maximum Gasteiger partial charge on any atom is 0.391 e. The number of nitrogens with two attached hydrogens (primary N) is 1. The van der Waals surface area contributed by atoms with Crippen molar-refractivity contribution in [1.82, 2.24) is 4.90 Å². The summed E-state index contributed by atoms with van der Waals surface area (Å²) >= 11 is 0. The molecule has 2 N–H and O–H groups in total. The second kappa shape index (κ2) is 8.33. The number of hydrogen-bond acceptors (Lipinski definition) is 4. The summed E-state index contributed by atoms with van der Waals surface area (Å²) in [6, 6.07) is 7.94. The number of amides is 1. The normalized spacial score (nSPS) is 17.2. The van der Waals surface area contributed by atoms with E-state index in [0.29, 0.717) is 0 Å². The number of esters is 1. The van der Waals surface area contributed by atoms with Crippen LogP contribution in [0.3, 0.4) is 0 Å². The zero-order valence-electron chi connectivity index (χ0n) is 13.7. The van der Waals surface area contributed by atoms with Gasteiger partial charge in [-0.2, -0.15) is 13.2 Å². The van der Waals surface area contributed by atoms with Crippen LogP contribution in [-0.2, 0) is 20.9 Å². The third-order valence-electron chi connectivity index (χ3n) is 4.22. The van der Waals surface area contributed by atoms with Gasteiger partial charge in [0, 0.05) is 13.1 Å². The van der Waals surface area contributed by atoms with Crippen molar-refractivity contribution in [3.05, 3.63) is 35.9 Å². The van der Waals surface area contributed by atoms with E-state index in [0.717, 1.165) is 5.56 Å². The average Bonchev–Trinajstić information content (AvgIpc) is 2.59. The van der Waals surface area contributed by atoms with Crippen molar-refractivity contribution < 1.29 is 27.5 Å². The monoisotopic (exact) mass is 358 g/mol. The maximum absolute atomic E-state index is 12.6. The van der Waals surface area contributed by atoms with Gasteiger partial charge in [-0.3, -0.25) is 9.59 Å². The molecule has 1 saturated heterocycles. The summed E-state index contributed by atoms with van der Waals surface area (Å²) in [4.78, 5) is 25.2. The molecule has 25 heavy (non-hydrogen) atoms. The van der Waals surface area contributed by atoms with E-state index >= 15 is 0 Å². The number of benzene rings is 1. The number of hydrogen-bond donors (Lipinski definition) is 1. The summed E-state index contributed by atoms with van der Waals surface area (Å²) in [6.45, 7) is 0.0725. The molecule has 1 aliphatic heterocycles. The summed E-state index contributed by atoms with van der Waals surface area (Å²) in [6.07, 6.45) is -4.82. The number of ether oxygens (including phenoxy) is 1. The molecule has 8 heteroatoms. The zero-order valence-corrected chi connectivity index (χ0v) is 13.7. The largest absolute Gasteiger partial charge is 0.461 e. The minimum atomic E-state index is -4.24. The molecule has 0 aromatic heterocycles. The van der Waals surface area contributed by atoms with Gasteiger partial charge in [-0.05, 0) is 18.4 Å². The van der Waals surface area contributed by atoms with Crippen LogP contribution in [0.5, 0.6) is 0 Å². The van der Waals surface area contributed by atoms with E-state index in [-0.39, 0.29) is 39.0 Å². The Hall–Kier alpha value is -2.09. The van der Waals surface area contributed by atoms with Gasteiger partial charge in [0.05, 0.1) is 18.4 Å². The molecule has 1 fully saturated rings. The van der Waals surface area contributed by atoms with Crippen LogP contribution in [0.2, 0.25) is 0 Å². The summed E-state index contributed by atoms with van der Waals surface area (Å²) < 4.78 is 43.0. The summed E-state index contributed by atoms with van der Waals surface area (Å²) in [7, 11) is 0. The first kappa shape index (κ1) is 19.2. The zero-order chi connectivity index (χ0) is 18.4. The average molecular weight is 358 g/mol. The van der Waals surface area contributed by atoms with Crippen molar-refractivity contribution in [2.75, 3.05) is 13.1 Å². The Morgan fingerprint density at radius 3 is 2.36 bits per heavy atom. The summed E-state index contributed by atoms with van der Waals surface area (Å²) in [5.74, 6) is -2.52. The van der Waals surface area contributed by atoms with Crippen molar-refractivity contribution in [2.45, 2.75) is 38.1 Å². The summed E-state index contributed by atoms with van der Waals surface area (Å²) in [5, 5.41) is 0. The third kappa shape index (κ3) is 5.74. The van der Waals surface area contributed by atoms with Gasteiger partial charge in [0.25, 0.3) is 0 Å². The van der Waals surface area contributed by atoms with Crippen LogP contribution in [0.25, 0.3) is 0 Å². The highest BCUT2D eigenvalue weighted by Gasteiger charge is 2.42. The van der Waals surface area contributed by atoms with Crippen molar-refractivity contribution >= 4 is 11.9 Å². The van der Waals surface area contributed by atoms with Gasteiger partial charge in [0.15, 0.2) is 0 Å². The fourth-order valence-electron chi connectivity index (χ4n) is 2.73. The lowest BCUT2D eigenvalue weighted by Crippen LogP contribution is -2.49. The van der Waals surface area contributed by atoms with E-state index in [4.69, 9.17) is 10.5 Å². The number of carbonyl (C=O) groups is 2. The lowest BCUT2D eigenvalue weighted by atomic mass is 9.95. The van der Waals surface area contributed by atoms with E-state index in [1.165, 1.54) is 4.90 Å². The molecule has 0 bridgehead atoms. The van der Waals surface area contributed by atoms with Gasteiger partial charge in [-0.1, -0.05) is 30.3 Å². The van der Waals surface area contributed by atoms with Gasteiger partial charge in [0.1, 0.15) is 6.61 Å². The highest BCUT2D eigenvalue weighted by atomic mass is 19.4. The number of alkyl halides is 3. The van der Waals surface area contributed by atoms with Gasteiger partial charge in [0.2, 0.25) is 5.91 Å². The van der Waals surface area contributed by atoms with Gasteiger partial charge < -0.3 is 15.4 Å². The number of carbonyl (C=O) groups excluding carboxylic acids is 2. The highest BCUT2D eigenvalue weighted by Crippen LogP contribution is 2.34. The molecule has 1 aromatic carbocycles. The predicted octanol–water partition coefficient (Wildman–Crippen LogP) is 2.25. The number of piperidine rings is 1. The van der Waals surface area contributed by atoms with Crippen LogP contribution in [0.1, 0.15) is 24.8 Å². The number of nitrogens with zero attached hydrogens (tertiary/aromatic N) is 1. The molecule has 5 nitrogen and oxygen atoms in total. The SMILES string of the molecule is N[C@@H](CC(=O)OCc1ccccc1)C(=O)N1CCC(C(F)(F)F)CC1. The fraction of sp³-hybridized carbons (Fsp3) is 0.529. The Labute approximate surface area is 143 Å². The van der Waals surface area contributed by atoms with Gasteiger partial charge in [-0.25, -0.2) is 0 Å². The summed E-state index contributed by atoms with van der Waals surface area (Å²) in [5.41, 5.74) is 6.53. The molecule has 0 aliphatic carbocycles. The molecule has 1 aliphatic rings. The molecular formula is C17H21F3N2O3. The number of likely N-dealkylation sites (tertiary alicyclic amines) is 1. The second-order valence-electron chi connectivity index (χ2n) is 6.10. The van der Waals surface area contributed by atoms with E-state index in [1.54, 1.807) is 12.1 Å². The molecular weight excluding hydrogens is 337 g/mol. The van der Waals surface area contributed by atoms with Crippen molar-refractivity contribution in [3.63, 3.8) is 0 Å². The lowest BCUT2D eigenvalue weighted by molar-refractivity contribution is -0.186. The van der Waals surface area contributed by atoms with E-state index in [2.05, 4.69) is 0 Å². The first-order chi connectivity index (χ1) is 11.8. The Morgan fingerprint density at radius 1 is 1.20 bits per heavy atom. The van der Waals surface area contributed by atoms with Crippen LogP contribution in [0.15, 0.2) is 30.3 Å². The first-order valence-electron chi connectivity index (χ1n) is 8.08. The van der Waals surface area contributed by atoms with Crippen molar-refractivity contribution in [2.24, 2.45) is 11.7 Å². The lowest BCUT2D eigenvalue weighted by Gasteiger charge is -2.34. The van der Waals surface area contributed by atoms with Crippen molar-refractivity contribution in [1.29, 1.82) is 0 Å². The van der Waals surface area contributed by atoms with E-state index in [1.807, 2.05) is 18.2 Å². The van der Waals surface area contributed by atoms with Crippen LogP contribution in [0, 0.1) is 5.92 Å². The predicted molar refractivity (Wildman–Crippen MR) is 84.2 cm³/mol. The first-order valence-corrected chi connectivity index (χ1v) is 8.08. The fourth-order valence-corrected chi connectivity index (χ4v) is 2.73. The molecule has 1 aromatic rings. The number of halogens is 3.